The molecule has 2 atom stereocenters. The number of aliphatic hydroxyl groups excluding tert-OH is 2. The van der Waals surface area contributed by atoms with Crippen LogP contribution in [0.25, 0.3) is 0 Å². The molecule has 1 amide bonds. The summed E-state index contributed by atoms with van der Waals surface area (Å²) < 4.78 is 4.85. The van der Waals surface area contributed by atoms with Gasteiger partial charge in [-0.1, -0.05) is 0 Å². The number of nitrogens with one attached hydrogen (secondary N) is 1. The molecule has 7 heteroatoms. The Bertz CT molecular complexity index is 459. The lowest BCUT2D eigenvalue weighted by Crippen LogP contribution is -2.27. The Morgan fingerprint density at radius 2 is 2.10 bits per heavy atom. The third kappa shape index (κ3) is 4.92. The molecule has 1 rings (SSSR count). The van der Waals surface area contributed by atoms with Crippen molar-refractivity contribution >= 4 is 23.2 Å². The monoisotopic (exact) mass is 301 g/mol. The molecule has 0 aromatic carbocycles. The molecule has 1 aromatic heterocycles. The Balaban J connectivity index is 2.56. The first kappa shape index (κ1) is 16.6. The zero-order valence-electron chi connectivity index (χ0n) is 11.5. The maximum Gasteiger partial charge on any atom is 0.348 e. The number of hydrogen-bond donors (Lipinski definition) is 3. The lowest BCUT2D eigenvalue weighted by Gasteiger charge is -2.16. The maximum absolute atomic E-state index is 11.5. The molecule has 0 saturated heterocycles. The molecule has 112 valence electrons. The molecule has 3 N–H and O–H groups in total. The fraction of sp³-hybridized carbons (Fsp3) is 0.538. The second-order valence-electron chi connectivity index (χ2n) is 4.21. The Morgan fingerprint density at radius 3 is 2.70 bits per heavy atom. The number of esters is 1. The summed E-state index contributed by atoms with van der Waals surface area (Å²) in [5, 5.41) is 22.3. The zero-order valence-corrected chi connectivity index (χ0v) is 12.3. The van der Waals surface area contributed by atoms with Gasteiger partial charge in [-0.15, -0.1) is 11.3 Å². The van der Waals surface area contributed by atoms with Gasteiger partial charge in [0.25, 0.3) is 0 Å². The van der Waals surface area contributed by atoms with E-state index in [0.717, 1.165) is 11.3 Å². The molecule has 0 aliphatic carbocycles. The average molecular weight is 301 g/mol. The van der Waals surface area contributed by atoms with Crippen LogP contribution in [0.1, 0.15) is 40.9 Å². The molecule has 0 spiro atoms. The molecule has 0 bridgehead atoms. The minimum Gasteiger partial charge on any atom is -0.462 e. The van der Waals surface area contributed by atoms with E-state index in [-0.39, 0.29) is 25.5 Å². The maximum atomic E-state index is 11.5. The highest BCUT2D eigenvalue weighted by molar-refractivity contribution is 7.14. The molecule has 20 heavy (non-hydrogen) atoms. The molecule has 6 nitrogen and oxygen atoms in total. The normalized spacial score (nSPS) is 13.6. The Hall–Kier alpha value is -1.44. The lowest BCUT2D eigenvalue weighted by molar-refractivity contribution is -0.119. The van der Waals surface area contributed by atoms with Crippen LogP contribution in [-0.2, 0) is 9.53 Å². The molecule has 1 heterocycles. The predicted octanol–water partition coefficient (Wildman–Crippen LogP) is 0.845. The van der Waals surface area contributed by atoms with Crippen molar-refractivity contribution in [3.05, 3.63) is 21.9 Å². The first-order valence-electron chi connectivity index (χ1n) is 6.33. The van der Waals surface area contributed by atoms with E-state index in [1.807, 2.05) is 0 Å². The summed E-state index contributed by atoms with van der Waals surface area (Å²) in [5.41, 5.74) is 0. The Morgan fingerprint density at radius 1 is 1.40 bits per heavy atom. The van der Waals surface area contributed by atoms with E-state index in [2.05, 4.69) is 5.32 Å². The molecule has 0 saturated carbocycles. The predicted molar refractivity (Wildman–Crippen MR) is 74.5 cm³/mol. The number of hydrogen-bond acceptors (Lipinski definition) is 6. The Labute approximate surface area is 121 Å². The van der Waals surface area contributed by atoms with E-state index in [0.29, 0.717) is 9.75 Å². The van der Waals surface area contributed by atoms with Crippen LogP contribution in [-0.4, -0.2) is 41.3 Å². The van der Waals surface area contributed by atoms with Crippen LogP contribution >= 0.6 is 11.3 Å². The summed E-state index contributed by atoms with van der Waals surface area (Å²) in [6.45, 7) is 3.67. The van der Waals surface area contributed by atoms with Crippen molar-refractivity contribution in [2.45, 2.75) is 32.5 Å². The van der Waals surface area contributed by atoms with Crippen LogP contribution in [0.5, 0.6) is 0 Å². The third-order valence-corrected chi connectivity index (χ3v) is 3.71. The third-order valence-electron chi connectivity index (χ3n) is 2.57. The quantitative estimate of drug-likeness (QED) is 0.649. The van der Waals surface area contributed by atoms with Crippen molar-refractivity contribution < 1.29 is 24.5 Å². The average Bonchev–Trinajstić information content (AvgIpc) is 2.87. The van der Waals surface area contributed by atoms with Gasteiger partial charge >= 0.3 is 5.97 Å². The second kappa shape index (κ2) is 7.98. The van der Waals surface area contributed by atoms with Crippen LogP contribution in [0.3, 0.4) is 0 Å². The molecule has 0 aliphatic rings. The molecule has 2 unspecified atom stereocenters. The SMILES string of the molecule is CCOC(=O)c1ccc(C(O)C(O)CCNC(C)=O)s1. The molecule has 0 fully saturated rings. The number of carbonyl (C=O) groups excluding carboxylic acids is 2. The van der Waals surface area contributed by atoms with Gasteiger partial charge < -0.3 is 20.3 Å². The van der Waals surface area contributed by atoms with Crippen molar-refractivity contribution in [2.24, 2.45) is 0 Å². The van der Waals surface area contributed by atoms with E-state index in [4.69, 9.17) is 4.74 Å². The number of amides is 1. The van der Waals surface area contributed by atoms with Gasteiger partial charge in [0.05, 0.1) is 12.7 Å². The second-order valence-corrected chi connectivity index (χ2v) is 5.32. The van der Waals surface area contributed by atoms with Crippen molar-refractivity contribution in [1.29, 1.82) is 0 Å². The summed E-state index contributed by atoms with van der Waals surface area (Å²) in [7, 11) is 0. The highest BCUT2D eigenvalue weighted by atomic mass is 32.1. The van der Waals surface area contributed by atoms with Gasteiger partial charge in [0, 0.05) is 18.3 Å². The van der Waals surface area contributed by atoms with Gasteiger partial charge in [-0.25, -0.2) is 4.79 Å². The fourth-order valence-corrected chi connectivity index (χ4v) is 2.51. The van der Waals surface area contributed by atoms with Gasteiger partial charge in [0.15, 0.2) is 0 Å². The number of rotatable bonds is 7. The van der Waals surface area contributed by atoms with Gasteiger partial charge in [-0.3, -0.25) is 4.79 Å². The van der Waals surface area contributed by atoms with E-state index in [1.165, 1.54) is 6.92 Å². The van der Waals surface area contributed by atoms with Gasteiger partial charge in [0.2, 0.25) is 5.91 Å². The fourth-order valence-electron chi connectivity index (χ4n) is 1.57. The van der Waals surface area contributed by atoms with Crippen LogP contribution in [0.4, 0.5) is 0 Å². The summed E-state index contributed by atoms with van der Waals surface area (Å²) in [6, 6.07) is 3.14. The van der Waals surface area contributed by atoms with Gasteiger partial charge in [-0.05, 0) is 25.5 Å². The highest BCUT2D eigenvalue weighted by Crippen LogP contribution is 2.27. The minimum atomic E-state index is -1.09. The molecule has 0 aliphatic heterocycles. The largest absolute Gasteiger partial charge is 0.462 e. The number of ether oxygens (including phenoxy) is 1. The van der Waals surface area contributed by atoms with Gasteiger partial charge in [0.1, 0.15) is 11.0 Å². The van der Waals surface area contributed by atoms with Crippen molar-refractivity contribution in [3.8, 4) is 0 Å². The molecular weight excluding hydrogens is 282 g/mol. The van der Waals surface area contributed by atoms with E-state index >= 15 is 0 Å². The van der Waals surface area contributed by atoms with Crippen molar-refractivity contribution in [3.63, 3.8) is 0 Å². The van der Waals surface area contributed by atoms with E-state index in [1.54, 1.807) is 19.1 Å². The summed E-state index contributed by atoms with van der Waals surface area (Å²) >= 11 is 1.09. The standard InChI is InChI=1S/C13H19NO5S/c1-3-19-13(18)11-5-4-10(20-11)12(17)9(16)6-7-14-8(2)15/h4-5,9,12,16-17H,3,6-7H2,1-2H3,(H,14,15). The number of aliphatic hydroxyl groups is 2. The van der Waals surface area contributed by atoms with Crippen molar-refractivity contribution in [2.75, 3.05) is 13.2 Å². The number of carbonyl (C=O) groups is 2. The zero-order chi connectivity index (χ0) is 15.1. The summed E-state index contributed by atoms with van der Waals surface area (Å²) in [5.74, 6) is -0.629. The van der Waals surface area contributed by atoms with E-state index < -0.39 is 18.2 Å². The molecule has 0 radical (unpaired) electrons. The van der Waals surface area contributed by atoms with Crippen LogP contribution in [0, 0.1) is 0 Å². The first-order valence-corrected chi connectivity index (χ1v) is 7.14. The van der Waals surface area contributed by atoms with Crippen LogP contribution in [0.15, 0.2) is 12.1 Å². The smallest absolute Gasteiger partial charge is 0.348 e. The van der Waals surface area contributed by atoms with Crippen LogP contribution in [0.2, 0.25) is 0 Å². The highest BCUT2D eigenvalue weighted by Gasteiger charge is 2.21. The summed E-state index contributed by atoms with van der Waals surface area (Å²) in [4.78, 5) is 23.1. The van der Waals surface area contributed by atoms with Gasteiger partial charge in [-0.2, -0.15) is 0 Å². The minimum absolute atomic E-state index is 0.188. The topological polar surface area (TPSA) is 95.9 Å². The lowest BCUT2D eigenvalue weighted by atomic mass is 10.1. The first-order chi connectivity index (χ1) is 9.45. The molecular formula is C13H19NO5S. The number of thiophene rings is 1. The van der Waals surface area contributed by atoms with Crippen molar-refractivity contribution in [1.82, 2.24) is 5.32 Å². The van der Waals surface area contributed by atoms with E-state index in [9.17, 15) is 19.8 Å². The summed E-state index contributed by atoms with van der Waals surface area (Å²) in [6.07, 6.45) is -1.86. The Kier molecular flexibility index (Phi) is 6.63. The molecule has 1 aromatic rings. The van der Waals surface area contributed by atoms with Crippen LogP contribution < -0.4 is 5.32 Å².